The highest BCUT2D eigenvalue weighted by atomic mass is 16.5. The molecule has 0 saturated carbocycles. The number of carbonyl (C=O) groups is 1. The van der Waals surface area contributed by atoms with Gasteiger partial charge in [-0.05, 0) is 36.7 Å². The van der Waals surface area contributed by atoms with Crippen molar-refractivity contribution >= 4 is 5.91 Å². The predicted molar refractivity (Wildman–Crippen MR) is 124 cm³/mol. The summed E-state index contributed by atoms with van der Waals surface area (Å²) in [6.07, 6.45) is 2.59. The summed E-state index contributed by atoms with van der Waals surface area (Å²) < 4.78 is 11.2. The van der Waals surface area contributed by atoms with Crippen molar-refractivity contribution in [2.24, 2.45) is 0 Å². The molecule has 0 spiro atoms. The van der Waals surface area contributed by atoms with Crippen LogP contribution in [-0.4, -0.2) is 69.2 Å². The monoisotopic (exact) mass is 423 g/mol. The number of hydrogen-bond donors (Lipinski definition) is 1. The maximum Gasteiger partial charge on any atom is 0.258 e. The van der Waals surface area contributed by atoms with Crippen LogP contribution in [0.15, 0.2) is 61.2 Å². The predicted octanol–water partition coefficient (Wildman–Crippen LogP) is 2.91. The minimum atomic E-state index is -0.153. The lowest BCUT2D eigenvalue weighted by Crippen LogP contribution is -2.48. The third-order valence-corrected chi connectivity index (χ3v) is 5.54. The van der Waals surface area contributed by atoms with Gasteiger partial charge < -0.3 is 19.7 Å². The van der Waals surface area contributed by atoms with Gasteiger partial charge in [0.25, 0.3) is 5.91 Å². The van der Waals surface area contributed by atoms with Crippen LogP contribution in [0.25, 0.3) is 0 Å². The van der Waals surface area contributed by atoms with Crippen molar-refractivity contribution in [2.75, 3.05) is 53.5 Å². The van der Waals surface area contributed by atoms with Crippen LogP contribution in [-0.2, 0) is 11.2 Å². The molecule has 2 aromatic carbocycles. The Bertz CT molecular complexity index is 848. The molecule has 1 heterocycles. The van der Waals surface area contributed by atoms with Gasteiger partial charge in [0, 0.05) is 32.7 Å². The third kappa shape index (κ3) is 6.84. The van der Waals surface area contributed by atoms with Crippen LogP contribution in [0.1, 0.15) is 17.2 Å². The maximum absolute atomic E-state index is 12.7. The van der Waals surface area contributed by atoms with E-state index in [9.17, 15) is 4.79 Å². The van der Waals surface area contributed by atoms with Gasteiger partial charge >= 0.3 is 0 Å². The molecule has 2 aromatic rings. The highest BCUT2D eigenvalue weighted by Gasteiger charge is 2.21. The summed E-state index contributed by atoms with van der Waals surface area (Å²) in [5.41, 5.74) is 2.18. The number of benzene rings is 2. The number of ether oxygens (including phenoxy) is 2. The fourth-order valence-corrected chi connectivity index (χ4v) is 3.71. The van der Waals surface area contributed by atoms with Crippen LogP contribution in [0.4, 0.5) is 0 Å². The van der Waals surface area contributed by atoms with Crippen LogP contribution in [0.5, 0.6) is 11.5 Å². The third-order valence-electron chi connectivity index (χ3n) is 5.54. The molecule has 0 radical (unpaired) electrons. The lowest BCUT2D eigenvalue weighted by atomic mass is 10.1. The molecular formula is C25H33N3O3. The molecule has 3 rings (SSSR count). The van der Waals surface area contributed by atoms with E-state index >= 15 is 0 Å². The molecular weight excluding hydrogens is 390 g/mol. The largest absolute Gasteiger partial charge is 0.493 e. The van der Waals surface area contributed by atoms with Crippen molar-refractivity contribution in [1.29, 1.82) is 0 Å². The van der Waals surface area contributed by atoms with Crippen molar-refractivity contribution in [3.05, 3.63) is 72.3 Å². The van der Waals surface area contributed by atoms with Crippen molar-refractivity contribution in [3.63, 3.8) is 0 Å². The first-order valence-electron chi connectivity index (χ1n) is 10.7. The van der Waals surface area contributed by atoms with Gasteiger partial charge in [-0.1, -0.05) is 42.5 Å². The zero-order chi connectivity index (χ0) is 22.1. The number of methoxy groups -OCH3 is 1. The number of nitrogens with one attached hydrogen (secondary N) is 1. The Kier molecular flexibility index (Phi) is 8.50. The molecule has 0 bridgehead atoms. The standard InChI is InChI=1S/C25H33N3O3/c1-4-8-20-11-12-23(24(17-20)30-3)31-19-25(29)26-22(21-9-6-5-7-10-21)18-28-15-13-27(2)14-16-28/h4-7,9-12,17,22H,1,8,13-16,18-19H2,2-3H3,(H,26,29). The number of carbonyl (C=O) groups excluding carboxylic acids is 1. The second-order valence-corrected chi connectivity index (χ2v) is 7.90. The van der Waals surface area contributed by atoms with Gasteiger partial charge in [0.1, 0.15) is 0 Å². The molecule has 0 aromatic heterocycles. The maximum atomic E-state index is 12.7. The van der Waals surface area contributed by atoms with E-state index in [0.29, 0.717) is 11.5 Å². The Morgan fingerprint density at radius 2 is 1.87 bits per heavy atom. The minimum absolute atomic E-state index is 0.0662. The number of hydrogen-bond acceptors (Lipinski definition) is 5. The van der Waals surface area contributed by atoms with Crippen molar-refractivity contribution in [2.45, 2.75) is 12.5 Å². The number of allylic oxidation sites excluding steroid dienone is 1. The quantitative estimate of drug-likeness (QED) is 0.596. The van der Waals surface area contributed by atoms with Gasteiger partial charge in [0.2, 0.25) is 0 Å². The molecule has 31 heavy (non-hydrogen) atoms. The summed E-state index contributed by atoms with van der Waals surface area (Å²) in [4.78, 5) is 17.5. The minimum Gasteiger partial charge on any atom is -0.493 e. The number of piperazine rings is 1. The molecule has 6 heteroatoms. The molecule has 1 amide bonds. The average Bonchev–Trinajstić information content (AvgIpc) is 2.80. The summed E-state index contributed by atoms with van der Waals surface area (Å²) in [5.74, 6) is 1.02. The van der Waals surface area contributed by atoms with E-state index in [1.807, 2.05) is 42.5 Å². The summed E-state index contributed by atoms with van der Waals surface area (Å²) in [7, 11) is 3.74. The Morgan fingerprint density at radius 1 is 1.13 bits per heavy atom. The Balaban J connectivity index is 1.62. The SMILES string of the molecule is C=CCc1ccc(OCC(=O)NC(CN2CCN(C)CC2)c2ccccc2)c(OC)c1. The van der Waals surface area contributed by atoms with Gasteiger partial charge in [0.05, 0.1) is 13.2 Å². The Morgan fingerprint density at radius 3 is 2.55 bits per heavy atom. The molecule has 1 N–H and O–H groups in total. The summed E-state index contributed by atoms with van der Waals surface area (Å²) in [6, 6.07) is 15.7. The zero-order valence-corrected chi connectivity index (χ0v) is 18.5. The number of amides is 1. The van der Waals surface area contributed by atoms with E-state index in [1.54, 1.807) is 7.11 Å². The summed E-state index contributed by atoms with van der Waals surface area (Å²) in [5, 5.41) is 3.16. The molecule has 1 saturated heterocycles. The first-order valence-corrected chi connectivity index (χ1v) is 10.7. The summed E-state index contributed by atoms with van der Waals surface area (Å²) in [6.45, 7) is 8.56. The average molecular weight is 424 g/mol. The molecule has 1 aliphatic heterocycles. The van der Waals surface area contributed by atoms with E-state index in [1.165, 1.54) is 0 Å². The van der Waals surface area contributed by atoms with Crippen molar-refractivity contribution < 1.29 is 14.3 Å². The van der Waals surface area contributed by atoms with Gasteiger partial charge in [0.15, 0.2) is 18.1 Å². The Hall–Kier alpha value is -2.83. The number of nitrogens with zero attached hydrogens (tertiary/aromatic N) is 2. The second kappa shape index (κ2) is 11.5. The van der Waals surface area contributed by atoms with Crippen LogP contribution in [0.3, 0.4) is 0 Å². The molecule has 166 valence electrons. The van der Waals surface area contributed by atoms with Crippen LogP contribution < -0.4 is 14.8 Å². The molecule has 0 aliphatic carbocycles. The number of rotatable bonds is 10. The topological polar surface area (TPSA) is 54.0 Å². The van der Waals surface area contributed by atoms with E-state index in [2.05, 4.69) is 40.9 Å². The smallest absolute Gasteiger partial charge is 0.258 e. The molecule has 6 nitrogen and oxygen atoms in total. The van der Waals surface area contributed by atoms with Gasteiger partial charge in [-0.2, -0.15) is 0 Å². The molecule has 1 unspecified atom stereocenters. The lowest BCUT2D eigenvalue weighted by molar-refractivity contribution is -0.124. The van der Waals surface area contributed by atoms with Crippen LogP contribution >= 0.6 is 0 Å². The van der Waals surface area contributed by atoms with Crippen molar-refractivity contribution in [3.8, 4) is 11.5 Å². The fourth-order valence-electron chi connectivity index (χ4n) is 3.71. The van der Waals surface area contributed by atoms with Gasteiger partial charge in [-0.15, -0.1) is 6.58 Å². The molecule has 1 aliphatic rings. The van der Waals surface area contributed by atoms with E-state index in [0.717, 1.165) is 50.3 Å². The second-order valence-electron chi connectivity index (χ2n) is 7.90. The highest BCUT2D eigenvalue weighted by Crippen LogP contribution is 2.28. The van der Waals surface area contributed by atoms with E-state index in [-0.39, 0.29) is 18.6 Å². The van der Waals surface area contributed by atoms with E-state index < -0.39 is 0 Å². The number of likely N-dealkylation sites (N-methyl/N-ethyl adjacent to an activating group) is 1. The fraction of sp³-hybridized carbons (Fsp3) is 0.400. The first kappa shape index (κ1) is 22.8. The van der Waals surface area contributed by atoms with E-state index in [4.69, 9.17) is 9.47 Å². The van der Waals surface area contributed by atoms with Gasteiger partial charge in [-0.3, -0.25) is 9.69 Å². The Labute approximate surface area is 185 Å². The lowest BCUT2D eigenvalue weighted by Gasteiger charge is -2.35. The van der Waals surface area contributed by atoms with Crippen LogP contribution in [0, 0.1) is 0 Å². The molecule has 1 fully saturated rings. The highest BCUT2D eigenvalue weighted by molar-refractivity contribution is 5.78. The van der Waals surface area contributed by atoms with Crippen molar-refractivity contribution in [1.82, 2.24) is 15.1 Å². The van der Waals surface area contributed by atoms with Crippen LogP contribution in [0.2, 0.25) is 0 Å². The normalized spacial score (nSPS) is 15.8. The summed E-state index contributed by atoms with van der Waals surface area (Å²) >= 11 is 0. The first-order chi connectivity index (χ1) is 15.1. The zero-order valence-electron chi connectivity index (χ0n) is 18.5. The van der Waals surface area contributed by atoms with Gasteiger partial charge in [-0.25, -0.2) is 0 Å². The molecule has 1 atom stereocenters.